The lowest BCUT2D eigenvalue weighted by Crippen LogP contribution is -2.31. The number of hydrogen-bond donors (Lipinski definition) is 2. The fraction of sp³-hybridized carbons (Fsp3) is 0.400. The molecule has 2 N–H and O–H groups in total. The van der Waals surface area contributed by atoms with E-state index in [-0.39, 0.29) is 0 Å². The smallest absolute Gasteiger partial charge is 0.310 e. The van der Waals surface area contributed by atoms with E-state index in [1.807, 2.05) is 25.3 Å². The fourth-order valence-corrected chi connectivity index (χ4v) is 3.25. The Kier molecular flexibility index (Phi) is 3.34. The summed E-state index contributed by atoms with van der Waals surface area (Å²) in [5.41, 5.74) is 1.73. The number of fused-ring (bicyclic) bond motifs is 1. The highest BCUT2D eigenvalue weighted by atomic mass is 79.9. The van der Waals surface area contributed by atoms with Gasteiger partial charge in [-0.25, -0.2) is 0 Å². The van der Waals surface area contributed by atoms with Gasteiger partial charge in [-0.15, -0.1) is 0 Å². The van der Waals surface area contributed by atoms with Crippen molar-refractivity contribution in [2.45, 2.75) is 19.9 Å². The lowest BCUT2D eigenvalue weighted by Gasteiger charge is -2.19. The number of aromatic amines is 1. The maximum atomic E-state index is 11.3. The van der Waals surface area contributed by atoms with Crippen LogP contribution < -0.4 is 0 Å². The Morgan fingerprint density at radius 2 is 2.35 bits per heavy atom. The van der Waals surface area contributed by atoms with Crippen LogP contribution in [0.2, 0.25) is 0 Å². The van der Waals surface area contributed by atoms with Crippen molar-refractivity contribution in [2.24, 2.45) is 5.41 Å². The van der Waals surface area contributed by atoms with Crippen LogP contribution in [0.25, 0.3) is 10.9 Å². The van der Waals surface area contributed by atoms with Gasteiger partial charge in [0.05, 0.1) is 5.41 Å². The second-order valence-corrected chi connectivity index (χ2v) is 6.75. The quantitative estimate of drug-likeness (QED) is 0.904. The Bertz CT molecular complexity index is 667. The van der Waals surface area contributed by atoms with E-state index in [4.69, 9.17) is 0 Å². The molecule has 1 aliphatic rings. The lowest BCUT2D eigenvalue weighted by atomic mass is 9.90. The molecular weight excluding hydrogens is 320 g/mol. The topological polar surface area (TPSA) is 56.3 Å². The van der Waals surface area contributed by atoms with Crippen LogP contribution in [0, 0.1) is 5.41 Å². The van der Waals surface area contributed by atoms with Gasteiger partial charge in [0.2, 0.25) is 0 Å². The van der Waals surface area contributed by atoms with Gasteiger partial charge in [-0.3, -0.25) is 9.69 Å². The third kappa shape index (κ3) is 2.36. The molecule has 0 bridgehead atoms. The standard InChI is InChI=1S/C15H17BrN2O2/c1-15(14(19)20)4-5-18(9-15)8-10-7-17-13-3-2-11(16)6-12(10)13/h2-3,6-7,17H,4-5,8-9H2,1H3,(H,19,20). The molecule has 106 valence electrons. The number of aromatic nitrogens is 1. The predicted octanol–water partition coefficient (Wildman–Crippen LogP) is 3.23. The molecule has 0 aliphatic carbocycles. The van der Waals surface area contributed by atoms with Crippen molar-refractivity contribution in [3.8, 4) is 0 Å². The SMILES string of the molecule is CC1(C(=O)O)CCN(Cc2c[nH]c3ccc(Br)cc23)C1. The molecule has 0 spiro atoms. The third-order valence-corrected chi connectivity index (χ3v) is 4.69. The zero-order chi connectivity index (χ0) is 14.3. The van der Waals surface area contributed by atoms with Gasteiger partial charge < -0.3 is 10.1 Å². The van der Waals surface area contributed by atoms with Crippen molar-refractivity contribution in [2.75, 3.05) is 13.1 Å². The highest BCUT2D eigenvalue weighted by Crippen LogP contribution is 2.32. The molecule has 2 aromatic rings. The largest absolute Gasteiger partial charge is 0.481 e. The first-order chi connectivity index (χ1) is 9.48. The number of benzene rings is 1. The molecule has 1 fully saturated rings. The summed E-state index contributed by atoms with van der Waals surface area (Å²) < 4.78 is 1.06. The van der Waals surface area contributed by atoms with Crippen molar-refractivity contribution >= 4 is 32.8 Å². The molecule has 0 radical (unpaired) electrons. The van der Waals surface area contributed by atoms with E-state index in [1.54, 1.807) is 0 Å². The van der Waals surface area contributed by atoms with Gasteiger partial charge >= 0.3 is 5.97 Å². The number of carboxylic acids is 1. The van der Waals surface area contributed by atoms with Crippen LogP contribution >= 0.6 is 15.9 Å². The first-order valence-electron chi connectivity index (χ1n) is 6.69. The number of nitrogens with one attached hydrogen (secondary N) is 1. The molecule has 1 saturated heterocycles. The monoisotopic (exact) mass is 336 g/mol. The van der Waals surface area contributed by atoms with E-state index in [2.05, 4.69) is 31.9 Å². The summed E-state index contributed by atoms with van der Waals surface area (Å²) in [6, 6.07) is 6.17. The second-order valence-electron chi connectivity index (χ2n) is 5.83. The van der Waals surface area contributed by atoms with Crippen LogP contribution in [-0.2, 0) is 11.3 Å². The summed E-state index contributed by atoms with van der Waals surface area (Å²) in [5, 5.41) is 10.5. The number of carboxylic acid groups (broad SMARTS) is 1. The van der Waals surface area contributed by atoms with E-state index in [0.29, 0.717) is 13.0 Å². The Morgan fingerprint density at radius 1 is 1.55 bits per heavy atom. The minimum atomic E-state index is -0.693. The fourth-order valence-electron chi connectivity index (χ4n) is 2.89. The Hall–Kier alpha value is -1.33. The highest BCUT2D eigenvalue weighted by Gasteiger charge is 2.40. The number of rotatable bonds is 3. The summed E-state index contributed by atoms with van der Waals surface area (Å²) in [4.78, 5) is 16.8. The van der Waals surface area contributed by atoms with E-state index < -0.39 is 11.4 Å². The molecule has 3 rings (SSSR count). The van der Waals surface area contributed by atoms with Crippen LogP contribution in [0.3, 0.4) is 0 Å². The van der Waals surface area contributed by atoms with Gasteiger partial charge in [0.25, 0.3) is 0 Å². The maximum Gasteiger partial charge on any atom is 0.310 e. The summed E-state index contributed by atoms with van der Waals surface area (Å²) in [6.45, 7) is 4.08. The molecular formula is C15H17BrN2O2. The first kappa shape index (κ1) is 13.6. The molecule has 2 heterocycles. The molecule has 4 nitrogen and oxygen atoms in total. The van der Waals surface area contributed by atoms with E-state index >= 15 is 0 Å². The van der Waals surface area contributed by atoms with Crippen molar-refractivity contribution in [3.05, 3.63) is 34.4 Å². The van der Waals surface area contributed by atoms with E-state index in [0.717, 1.165) is 23.1 Å². The number of halogens is 1. The highest BCUT2D eigenvalue weighted by molar-refractivity contribution is 9.10. The molecule has 1 aromatic heterocycles. The normalized spacial score (nSPS) is 23.5. The summed E-state index contributed by atoms with van der Waals surface area (Å²) in [5.74, 6) is -0.693. The molecule has 1 atom stereocenters. The average molecular weight is 337 g/mol. The number of aliphatic carboxylic acids is 1. The van der Waals surface area contributed by atoms with Crippen molar-refractivity contribution in [3.63, 3.8) is 0 Å². The summed E-state index contributed by atoms with van der Waals surface area (Å²) >= 11 is 3.50. The van der Waals surface area contributed by atoms with Gasteiger partial charge in [-0.2, -0.15) is 0 Å². The Balaban J connectivity index is 1.81. The number of carbonyl (C=O) groups is 1. The molecule has 5 heteroatoms. The third-order valence-electron chi connectivity index (χ3n) is 4.19. The minimum Gasteiger partial charge on any atom is -0.481 e. The van der Waals surface area contributed by atoms with Gasteiger partial charge in [0, 0.05) is 34.7 Å². The van der Waals surface area contributed by atoms with Crippen molar-refractivity contribution in [1.82, 2.24) is 9.88 Å². The van der Waals surface area contributed by atoms with Crippen LogP contribution in [0.15, 0.2) is 28.9 Å². The minimum absolute atomic E-state index is 0.604. The van der Waals surface area contributed by atoms with Crippen molar-refractivity contribution in [1.29, 1.82) is 0 Å². The number of likely N-dealkylation sites (tertiary alicyclic amines) is 1. The van der Waals surface area contributed by atoms with Crippen LogP contribution in [0.4, 0.5) is 0 Å². The Labute approximate surface area is 125 Å². The van der Waals surface area contributed by atoms with E-state index in [9.17, 15) is 9.90 Å². The van der Waals surface area contributed by atoms with Crippen LogP contribution in [0.5, 0.6) is 0 Å². The molecule has 20 heavy (non-hydrogen) atoms. The zero-order valence-electron chi connectivity index (χ0n) is 11.3. The Morgan fingerprint density at radius 3 is 3.05 bits per heavy atom. The number of hydrogen-bond acceptors (Lipinski definition) is 2. The first-order valence-corrected chi connectivity index (χ1v) is 7.48. The second kappa shape index (κ2) is 4.90. The summed E-state index contributed by atoms with van der Waals surface area (Å²) in [7, 11) is 0. The molecule has 0 amide bonds. The molecule has 1 aromatic carbocycles. The van der Waals surface area contributed by atoms with E-state index in [1.165, 1.54) is 10.9 Å². The predicted molar refractivity (Wildman–Crippen MR) is 81.6 cm³/mol. The number of H-pyrrole nitrogens is 1. The van der Waals surface area contributed by atoms with Gasteiger partial charge in [0.1, 0.15) is 0 Å². The molecule has 1 aliphatic heterocycles. The average Bonchev–Trinajstić information content (AvgIpc) is 2.96. The summed E-state index contributed by atoms with van der Waals surface area (Å²) in [6.07, 6.45) is 2.74. The van der Waals surface area contributed by atoms with Crippen LogP contribution in [0.1, 0.15) is 18.9 Å². The molecule has 1 unspecified atom stereocenters. The zero-order valence-corrected chi connectivity index (χ0v) is 12.9. The van der Waals surface area contributed by atoms with Crippen molar-refractivity contribution < 1.29 is 9.90 Å². The number of nitrogens with zero attached hydrogens (tertiary/aromatic N) is 1. The van der Waals surface area contributed by atoms with Crippen LogP contribution in [-0.4, -0.2) is 34.0 Å². The van der Waals surface area contributed by atoms with Gasteiger partial charge in [-0.1, -0.05) is 15.9 Å². The molecule has 0 saturated carbocycles. The van der Waals surface area contributed by atoms with Gasteiger partial charge in [0.15, 0.2) is 0 Å². The lowest BCUT2D eigenvalue weighted by molar-refractivity contribution is -0.147. The maximum absolute atomic E-state index is 11.3. The van der Waals surface area contributed by atoms with Gasteiger partial charge in [-0.05, 0) is 43.7 Å².